The second-order valence-corrected chi connectivity index (χ2v) is 4.43. The highest BCUT2D eigenvalue weighted by atomic mass is 79.9. The Morgan fingerprint density at radius 2 is 2.00 bits per heavy atom. The molecule has 0 aliphatic rings. The first-order chi connectivity index (χ1) is 8.38. The van der Waals surface area contributed by atoms with Gasteiger partial charge in [-0.1, -0.05) is 15.9 Å². The number of rotatable bonds is 6. The van der Waals surface area contributed by atoms with E-state index in [2.05, 4.69) is 26.0 Å². The van der Waals surface area contributed by atoms with Crippen molar-refractivity contribution < 1.29 is 22.3 Å². The van der Waals surface area contributed by atoms with E-state index in [1.54, 1.807) is 6.07 Å². The number of ether oxygens (including phenoxy) is 1. The molecule has 2 nitrogen and oxygen atoms in total. The van der Waals surface area contributed by atoms with Crippen LogP contribution in [0.15, 0.2) is 22.7 Å². The number of benzene rings is 1. The largest absolute Gasteiger partial charge is 0.411 e. The predicted molar refractivity (Wildman–Crippen MR) is 62.7 cm³/mol. The zero-order chi connectivity index (χ0) is 13.6. The van der Waals surface area contributed by atoms with Crippen LogP contribution in [0.2, 0.25) is 0 Å². The monoisotopic (exact) mass is 329 g/mol. The van der Waals surface area contributed by atoms with E-state index >= 15 is 0 Å². The van der Waals surface area contributed by atoms with Gasteiger partial charge in [0.1, 0.15) is 12.4 Å². The second kappa shape index (κ2) is 7.06. The molecule has 0 saturated carbocycles. The summed E-state index contributed by atoms with van der Waals surface area (Å²) in [6, 6.07) is 4.25. The Balaban J connectivity index is 2.20. The quantitative estimate of drug-likeness (QED) is 0.639. The van der Waals surface area contributed by atoms with Gasteiger partial charge in [0.15, 0.2) is 0 Å². The summed E-state index contributed by atoms with van der Waals surface area (Å²) in [4.78, 5) is 0. The Hall–Kier alpha value is -0.660. The van der Waals surface area contributed by atoms with Crippen molar-refractivity contribution >= 4 is 15.9 Å². The molecule has 1 aromatic rings. The van der Waals surface area contributed by atoms with Crippen molar-refractivity contribution in [2.24, 2.45) is 0 Å². The molecule has 0 unspecified atom stereocenters. The topological polar surface area (TPSA) is 21.3 Å². The van der Waals surface area contributed by atoms with Crippen LogP contribution in [0.4, 0.5) is 17.6 Å². The third kappa shape index (κ3) is 6.32. The summed E-state index contributed by atoms with van der Waals surface area (Å²) < 4.78 is 53.3. The van der Waals surface area contributed by atoms with E-state index in [0.717, 1.165) is 4.47 Å². The summed E-state index contributed by atoms with van der Waals surface area (Å²) in [6.45, 7) is -0.683. The molecule has 1 N–H and O–H groups in total. The molecule has 0 heterocycles. The van der Waals surface area contributed by atoms with Gasteiger partial charge in [0.25, 0.3) is 0 Å². The lowest BCUT2D eigenvalue weighted by atomic mass is 10.2. The van der Waals surface area contributed by atoms with Crippen molar-refractivity contribution in [2.45, 2.75) is 12.7 Å². The number of halogens is 5. The molecule has 0 saturated heterocycles. The third-order valence-electron chi connectivity index (χ3n) is 2.01. The van der Waals surface area contributed by atoms with Crippen molar-refractivity contribution in [3.05, 3.63) is 34.1 Å². The minimum atomic E-state index is -4.30. The maximum absolute atomic E-state index is 12.9. The minimum absolute atomic E-state index is 0.0492. The molecule has 1 rings (SSSR count). The number of nitrogens with one attached hydrogen (secondary N) is 1. The summed E-state index contributed by atoms with van der Waals surface area (Å²) in [6.07, 6.45) is -4.30. The highest BCUT2D eigenvalue weighted by Crippen LogP contribution is 2.17. The molecular weight excluding hydrogens is 318 g/mol. The van der Waals surface area contributed by atoms with E-state index in [1.165, 1.54) is 12.1 Å². The molecule has 1 aromatic carbocycles. The Morgan fingerprint density at radius 3 is 2.67 bits per heavy atom. The summed E-state index contributed by atoms with van der Waals surface area (Å²) >= 11 is 3.25. The second-order valence-electron chi connectivity index (χ2n) is 3.58. The van der Waals surface area contributed by atoms with Gasteiger partial charge in [-0.25, -0.2) is 4.39 Å². The number of alkyl halides is 3. The lowest BCUT2D eigenvalue weighted by Gasteiger charge is -2.09. The molecule has 0 radical (unpaired) electrons. The van der Waals surface area contributed by atoms with Gasteiger partial charge >= 0.3 is 6.18 Å². The summed E-state index contributed by atoms with van der Waals surface area (Å²) in [7, 11) is 0. The average Bonchev–Trinajstić information content (AvgIpc) is 2.26. The van der Waals surface area contributed by atoms with E-state index in [-0.39, 0.29) is 19.0 Å². The molecule has 0 amide bonds. The number of hydrogen-bond acceptors (Lipinski definition) is 2. The van der Waals surface area contributed by atoms with Gasteiger partial charge < -0.3 is 10.1 Å². The van der Waals surface area contributed by atoms with Crippen molar-refractivity contribution in [3.63, 3.8) is 0 Å². The Labute approximate surface area is 110 Å². The molecule has 7 heteroatoms. The fourth-order valence-electron chi connectivity index (χ4n) is 1.23. The molecule has 0 aliphatic carbocycles. The fraction of sp³-hybridized carbons (Fsp3) is 0.455. The van der Waals surface area contributed by atoms with Crippen LogP contribution in [0.25, 0.3) is 0 Å². The van der Waals surface area contributed by atoms with Crippen LogP contribution < -0.4 is 5.32 Å². The van der Waals surface area contributed by atoms with E-state index in [9.17, 15) is 17.6 Å². The highest BCUT2D eigenvalue weighted by Gasteiger charge is 2.27. The van der Waals surface area contributed by atoms with Crippen molar-refractivity contribution in [1.82, 2.24) is 5.32 Å². The van der Waals surface area contributed by atoms with Crippen LogP contribution in [0, 0.1) is 5.82 Å². The van der Waals surface area contributed by atoms with Gasteiger partial charge in [0.05, 0.1) is 6.61 Å². The smallest absolute Gasteiger partial charge is 0.371 e. The van der Waals surface area contributed by atoms with Crippen LogP contribution >= 0.6 is 15.9 Å². The summed E-state index contributed by atoms with van der Waals surface area (Å²) in [5, 5.41) is 2.87. The van der Waals surface area contributed by atoms with Crippen molar-refractivity contribution in [1.29, 1.82) is 0 Å². The van der Waals surface area contributed by atoms with Gasteiger partial charge in [-0.15, -0.1) is 0 Å². The van der Waals surface area contributed by atoms with Gasteiger partial charge in [-0.2, -0.15) is 13.2 Å². The molecular formula is C11H12BrF4NO. The van der Waals surface area contributed by atoms with Crippen LogP contribution in [0.3, 0.4) is 0 Å². The minimum Gasteiger partial charge on any atom is -0.371 e. The lowest BCUT2D eigenvalue weighted by Crippen LogP contribution is -2.23. The Morgan fingerprint density at radius 1 is 1.28 bits per heavy atom. The maximum Gasteiger partial charge on any atom is 0.411 e. The Kier molecular flexibility index (Phi) is 6.04. The summed E-state index contributed by atoms with van der Waals surface area (Å²) in [5.41, 5.74) is 0.700. The van der Waals surface area contributed by atoms with Crippen molar-refractivity contribution in [2.75, 3.05) is 19.8 Å². The van der Waals surface area contributed by atoms with Gasteiger partial charge in [0.2, 0.25) is 0 Å². The van der Waals surface area contributed by atoms with Crippen LogP contribution in [0.5, 0.6) is 0 Å². The number of hydrogen-bond donors (Lipinski definition) is 1. The van der Waals surface area contributed by atoms with Crippen LogP contribution in [-0.2, 0) is 11.3 Å². The normalized spacial score (nSPS) is 11.8. The molecule has 0 spiro atoms. The van der Waals surface area contributed by atoms with E-state index in [4.69, 9.17) is 0 Å². The van der Waals surface area contributed by atoms with E-state index in [1.807, 2.05) is 0 Å². The fourth-order valence-corrected chi connectivity index (χ4v) is 1.62. The Bertz CT molecular complexity index is 384. The molecule has 0 aliphatic heterocycles. The molecule has 18 heavy (non-hydrogen) atoms. The van der Waals surface area contributed by atoms with E-state index in [0.29, 0.717) is 12.1 Å². The first kappa shape index (κ1) is 15.4. The highest BCUT2D eigenvalue weighted by molar-refractivity contribution is 9.10. The SMILES string of the molecule is Fc1ccc(Br)c(CNCCOCC(F)(F)F)c1. The predicted octanol–water partition coefficient (Wildman–Crippen LogP) is 3.26. The first-order valence-corrected chi connectivity index (χ1v) is 5.97. The van der Waals surface area contributed by atoms with Gasteiger partial charge in [0, 0.05) is 17.6 Å². The third-order valence-corrected chi connectivity index (χ3v) is 2.79. The zero-order valence-corrected chi connectivity index (χ0v) is 10.9. The molecule has 0 bridgehead atoms. The van der Waals surface area contributed by atoms with Crippen LogP contribution in [0.1, 0.15) is 5.56 Å². The standard InChI is InChI=1S/C11H12BrF4NO/c12-10-2-1-9(13)5-8(10)6-17-3-4-18-7-11(14,15)16/h1-2,5,17H,3-4,6-7H2. The molecule has 102 valence electrons. The van der Waals surface area contributed by atoms with Gasteiger partial charge in [-0.3, -0.25) is 0 Å². The molecule has 0 atom stereocenters. The average molecular weight is 330 g/mol. The van der Waals surface area contributed by atoms with E-state index < -0.39 is 12.8 Å². The summed E-state index contributed by atoms with van der Waals surface area (Å²) in [5.74, 6) is -0.358. The zero-order valence-electron chi connectivity index (χ0n) is 9.36. The van der Waals surface area contributed by atoms with Crippen molar-refractivity contribution in [3.8, 4) is 0 Å². The first-order valence-electron chi connectivity index (χ1n) is 5.17. The molecule has 0 aromatic heterocycles. The van der Waals surface area contributed by atoms with Gasteiger partial charge in [-0.05, 0) is 23.8 Å². The lowest BCUT2D eigenvalue weighted by molar-refractivity contribution is -0.173. The van der Waals surface area contributed by atoms with Crippen LogP contribution in [-0.4, -0.2) is 25.9 Å². The molecule has 0 fully saturated rings. The maximum atomic E-state index is 12.9.